The molecule has 8 nitrogen and oxygen atoms in total. The van der Waals surface area contributed by atoms with Gasteiger partial charge < -0.3 is 9.72 Å². The molecule has 0 aliphatic carbocycles. The number of imidazole rings is 2. The summed E-state index contributed by atoms with van der Waals surface area (Å²) in [6.07, 6.45) is 4.34. The lowest BCUT2D eigenvalue weighted by Gasteiger charge is -2.07. The molecule has 3 heterocycles. The van der Waals surface area contributed by atoms with E-state index in [-0.39, 0.29) is 17.4 Å². The molecule has 4 rings (SSSR count). The molecule has 0 unspecified atom stereocenters. The number of hydrogen-bond donors (Lipinski definition) is 1. The average Bonchev–Trinajstić information content (AvgIpc) is 3.27. The van der Waals surface area contributed by atoms with Gasteiger partial charge >= 0.3 is 11.8 Å². The lowest BCUT2D eigenvalue weighted by Crippen LogP contribution is -2.19. The highest BCUT2D eigenvalue weighted by Gasteiger charge is 2.15. The highest BCUT2D eigenvalue weighted by atomic mass is 35.5. The summed E-state index contributed by atoms with van der Waals surface area (Å²) in [4.78, 5) is 35.0. The minimum Gasteiger partial charge on any atom is -0.449 e. The zero-order chi connectivity index (χ0) is 18.1. The Labute approximate surface area is 152 Å². The van der Waals surface area contributed by atoms with Crippen molar-refractivity contribution in [3.63, 3.8) is 0 Å². The van der Waals surface area contributed by atoms with Gasteiger partial charge in [-0.25, -0.2) is 24.1 Å². The van der Waals surface area contributed by atoms with Gasteiger partial charge in [-0.2, -0.15) is 0 Å². The van der Waals surface area contributed by atoms with Crippen molar-refractivity contribution < 1.29 is 9.53 Å². The molecule has 0 fully saturated rings. The van der Waals surface area contributed by atoms with Gasteiger partial charge in [0.15, 0.2) is 5.15 Å². The maximum Gasteiger partial charge on any atom is 0.419 e. The Hall–Kier alpha value is -3.13. The maximum atomic E-state index is 12.4. The lowest BCUT2D eigenvalue weighted by molar-refractivity contribution is 0.145. The third kappa shape index (κ3) is 2.84. The number of halogens is 1. The minimum atomic E-state index is -0.508. The van der Waals surface area contributed by atoms with Gasteiger partial charge in [0.05, 0.1) is 17.6 Å². The van der Waals surface area contributed by atoms with Crippen molar-refractivity contribution in [3.05, 3.63) is 58.6 Å². The average molecular weight is 372 g/mol. The number of fused-ring (bicyclic) bond motifs is 3. The monoisotopic (exact) mass is 371 g/mol. The van der Waals surface area contributed by atoms with E-state index in [2.05, 4.69) is 15.0 Å². The smallest absolute Gasteiger partial charge is 0.419 e. The first kappa shape index (κ1) is 16.3. The topological polar surface area (TPSA) is 94.8 Å². The fourth-order valence-corrected chi connectivity index (χ4v) is 3.10. The summed E-state index contributed by atoms with van der Waals surface area (Å²) in [6.45, 7) is 0.549. The molecule has 26 heavy (non-hydrogen) atoms. The fourth-order valence-electron chi connectivity index (χ4n) is 2.87. The number of carbonyl (C=O) groups excluding carboxylic acids is 1. The van der Waals surface area contributed by atoms with Gasteiger partial charge in [0.25, 0.3) is 0 Å². The van der Waals surface area contributed by atoms with Crippen LogP contribution in [0.5, 0.6) is 0 Å². The van der Waals surface area contributed by atoms with Crippen molar-refractivity contribution in [1.82, 2.24) is 24.1 Å². The Morgan fingerprint density at radius 2 is 2.15 bits per heavy atom. The number of benzene rings is 1. The Morgan fingerprint density at radius 1 is 1.31 bits per heavy atom. The van der Waals surface area contributed by atoms with Crippen LogP contribution >= 0.6 is 11.6 Å². The Morgan fingerprint density at radius 3 is 2.96 bits per heavy atom. The molecule has 3 aromatic heterocycles. The summed E-state index contributed by atoms with van der Waals surface area (Å²) in [5.41, 5.74) is 1.64. The van der Waals surface area contributed by atoms with Crippen LogP contribution in [0.3, 0.4) is 0 Å². The molecule has 0 spiro atoms. The fraction of sp³-hybridized carbons (Fsp3) is 0.176. The highest BCUT2D eigenvalue weighted by molar-refractivity contribution is 6.35. The molecule has 0 saturated carbocycles. The van der Waals surface area contributed by atoms with Crippen molar-refractivity contribution >= 4 is 39.6 Å². The predicted octanol–water partition coefficient (Wildman–Crippen LogP) is 2.80. The van der Waals surface area contributed by atoms with Crippen LogP contribution in [0, 0.1) is 0 Å². The quantitative estimate of drug-likeness (QED) is 0.439. The van der Waals surface area contributed by atoms with Gasteiger partial charge in [0.2, 0.25) is 0 Å². The van der Waals surface area contributed by atoms with E-state index in [0.717, 1.165) is 5.39 Å². The largest absolute Gasteiger partial charge is 0.449 e. The maximum absolute atomic E-state index is 12.4. The second-order valence-electron chi connectivity index (χ2n) is 5.66. The predicted molar refractivity (Wildman–Crippen MR) is 96.5 cm³/mol. The van der Waals surface area contributed by atoms with Gasteiger partial charge in [-0.05, 0) is 12.5 Å². The number of aryl methyl sites for hydroxylation is 1. The zero-order valence-electron chi connectivity index (χ0n) is 13.6. The first-order chi connectivity index (χ1) is 12.6. The van der Waals surface area contributed by atoms with Crippen molar-refractivity contribution in [3.8, 4) is 0 Å². The molecule has 0 radical (unpaired) electrons. The molecule has 0 bridgehead atoms. The van der Waals surface area contributed by atoms with E-state index in [9.17, 15) is 9.59 Å². The number of pyridine rings is 1. The number of nitrogens with one attached hydrogen (secondary N) is 1. The number of rotatable bonds is 4. The summed E-state index contributed by atoms with van der Waals surface area (Å²) >= 11 is 6.21. The second-order valence-corrected chi connectivity index (χ2v) is 6.02. The molecule has 0 aliphatic heterocycles. The van der Waals surface area contributed by atoms with Crippen LogP contribution in [-0.2, 0) is 11.3 Å². The van der Waals surface area contributed by atoms with Gasteiger partial charge in [0.1, 0.15) is 11.8 Å². The summed E-state index contributed by atoms with van der Waals surface area (Å²) in [5, 5.41) is 1.08. The van der Waals surface area contributed by atoms with Crippen LogP contribution < -0.4 is 5.69 Å². The Balaban J connectivity index is 1.58. The molecule has 0 aliphatic rings. The van der Waals surface area contributed by atoms with Crippen molar-refractivity contribution in [2.45, 2.75) is 13.0 Å². The molecule has 0 atom stereocenters. The van der Waals surface area contributed by atoms with Crippen LogP contribution in [0.2, 0.25) is 5.15 Å². The molecule has 1 N–H and O–H groups in total. The third-order valence-corrected chi connectivity index (χ3v) is 4.31. The van der Waals surface area contributed by atoms with E-state index >= 15 is 0 Å². The van der Waals surface area contributed by atoms with Crippen LogP contribution in [0.1, 0.15) is 6.42 Å². The Bertz CT molecular complexity index is 1150. The Kier molecular flexibility index (Phi) is 4.18. The van der Waals surface area contributed by atoms with E-state index in [1.165, 1.54) is 23.3 Å². The molecule has 0 saturated heterocycles. The van der Waals surface area contributed by atoms with Gasteiger partial charge in [-0.1, -0.05) is 29.8 Å². The number of carbonyl (C=O) groups is 1. The molecule has 9 heteroatoms. The van der Waals surface area contributed by atoms with E-state index in [0.29, 0.717) is 29.5 Å². The minimum absolute atomic E-state index is 0.173. The van der Waals surface area contributed by atoms with Crippen LogP contribution in [0.15, 0.2) is 47.8 Å². The molecular formula is C17H14ClN5O3. The van der Waals surface area contributed by atoms with Crippen molar-refractivity contribution in [1.29, 1.82) is 0 Å². The SMILES string of the molecule is O=C(OCCCn1c(=O)[nH]c2c(Cl)nc3ccccc3c21)n1ccnc1. The van der Waals surface area contributed by atoms with Gasteiger partial charge in [0, 0.05) is 24.3 Å². The summed E-state index contributed by atoms with van der Waals surface area (Å²) in [7, 11) is 0. The van der Waals surface area contributed by atoms with Crippen LogP contribution in [0.25, 0.3) is 21.9 Å². The number of hydrogen-bond acceptors (Lipinski definition) is 5. The number of aromatic nitrogens is 5. The first-order valence-corrected chi connectivity index (χ1v) is 8.35. The van der Waals surface area contributed by atoms with Crippen LogP contribution in [-0.4, -0.2) is 36.8 Å². The highest BCUT2D eigenvalue weighted by Crippen LogP contribution is 2.27. The summed E-state index contributed by atoms with van der Waals surface area (Å²) in [6, 6.07) is 7.48. The van der Waals surface area contributed by atoms with Crippen LogP contribution in [0.4, 0.5) is 4.79 Å². The first-order valence-electron chi connectivity index (χ1n) is 7.97. The number of aromatic amines is 1. The molecular weight excluding hydrogens is 358 g/mol. The van der Waals surface area contributed by atoms with E-state index in [1.807, 2.05) is 24.3 Å². The normalized spacial score (nSPS) is 11.3. The van der Waals surface area contributed by atoms with Gasteiger partial charge in [-0.3, -0.25) is 4.57 Å². The number of nitrogens with zero attached hydrogens (tertiary/aromatic N) is 4. The summed E-state index contributed by atoms with van der Waals surface area (Å²) < 4.78 is 8.01. The molecule has 0 amide bonds. The number of para-hydroxylation sites is 1. The number of ether oxygens (including phenoxy) is 1. The van der Waals surface area contributed by atoms with E-state index < -0.39 is 6.09 Å². The second kappa shape index (κ2) is 6.64. The standard InChI is InChI=1S/C17H14ClN5O3/c18-15-13-14(11-4-1-2-5-12(11)20-15)23(16(24)21-13)7-3-9-26-17(25)22-8-6-19-10-22/h1-2,4-6,8,10H,3,7,9H2,(H,21,24). The van der Waals surface area contributed by atoms with Crippen molar-refractivity contribution in [2.75, 3.05) is 6.61 Å². The lowest BCUT2D eigenvalue weighted by atomic mass is 10.2. The van der Waals surface area contributed by atoms with E-state index in [4.69, 9.17) is 16.3 Å². The molecule has 4 aromatic rings. The summed E-state index contributed by atoms with van der Waals surface area (Å²) in [5.74, 6) is 0. The van der Waals surface area contributed by atoms with Crippen molar-refractivity contribution in [2.24, 2.45) is 0 Å². The molecule has 1 aromatic carbocycles. The van der Waals surface area contributed by atoms with Gasteiger partial charge in [-0.15, -0.1) is 0 Å². The number of H-pyrrole nitrogens is 1. The van der Waals surface area contributed by atoms with E-state index in [1.54, 1.807) is 4.57 Å². The zero-order valence-corrected chi connectivity index (χ0v) is 14.3. The molecule has 132 valence electrons. The third-order valence-electron chi connectivity index (χ3n) is 4.03.